The standard InChI is InChI=1S/C15H31NO2/c1-4-6-8-10-12-16(15(18)14(3)17)13-11-9-7-5-2/h14,17H,4-13H2,1-3H3/t14-/m1/s1. The van der Waals surface area contributed by atoms with Crippen molar-refractivity contribution in [3.8, 4) is 0 Å². The summed E-state index contributed by atoms with van der Waals surface area (Å²) >= 11 is 0. The van der Waals surface area contributed by atoms with E-state index in [4.69, 9.17) is 0 Å². The van der Waals surface area contributed by atoms with Crippen LogP contribution in [0.1, 0.15) is 72.1 Å². The van der Waals surface area contributed by atoms with Gasteiger partial charge in [0.05, 0.1) is 0 Å². The minimum Gasteiger partial charge on any atom is -0.384 e. The van der Waals surface area contributed by atoms with Crippen LogP contribution in [0.2, 0.25) is 0 Å². The van der Waals surface area contributed by atoms with Gasteiger partial charge in [-0.1, -0.05) is 52.4 Å². The Morgan fingerprint density at radius 1 is 0.944 bits per heavy atom. The summed E-state index contributed by atoms with van der Waals surface area (Å²) in [5.41, 5.74) is 0. The number of hydrogen-bond donors (Lipinski definition) is 1. The second-order valence-electron chi connectivity index (χ2n) is 5.12. The molecule has 1 N–H and O–H groups in total. The second kappa shape index (κ2) is 11.5. The number of rotatable bonds is 11. The summed E-state index contributed by atoms with van der Waals surface area (Å²) in [4.78, 5) is 13.7. The first kappa shape index (κ1) is 17.4. The van der Waals surface area contributed by atoms with E-state index in [0.29, 0.717) is 0 Å². The van der Waals surface area contributed by atoms with Crippen LogP contribution in [0, 0.1) is 0 Å². The predicted octanol–water partition coefficient (Wildman–Crippen LogP) is 3.36. The predicted molar refractivity (Wildman–Crippen MR) is 76.5 cm³/mol. The monoisotopic (exact) mass is 257 g/mol. The van der Waals surface area contributed by atoms with E-state index in [0.717, 1.165) is 25.9 Å². The van der Waals surface area contributed by atoms with Crippen molar-refractivity contribution in [1.29, 1.82) is 0 Å². The maximum atomic E-state index is 11.8. The highest BCUT2D eigenvalue weighted by Gasteiger charge is 2.17. The number of unbranched alkanes of at least 4 members (excludes halogenated alkanes) is 6. The van der Waals surface area contributed by atoms with E-state index in [1.807, 2.05) is 4.90 Å². The Kier molecular flexibility index (Phi) is 11.2. The third kappa shape index (κ3) is 8.51. The van der Waals surface area contributed by atoms with Gasteiger partial charge in [-0.05, 0) is 19.8 Å². The lowest BCUT2D eigenvalue weighted by Gasteiger charge is -2.24. The lowest BCUT2D eigenvalue weighted by molar-refractivity contribution is -0.139. The lowest BCUT2D eigenvalue weighted by Crippen LogP contribution is -2.39. The van der Waals surface area contributed by atoms with Gasteiger partial charge in [0, 0.05) is 13.1 Å². The average Bonchev–Trinajstić information content (AvgIpc) is 2.36. The van der Waals surface area contributed by atoms with Gasteiger partial charge in [-0.25, -0.2) is 0 Å². The van der Waals surface area contributed by atoms with Gasteiger partial charge >= 0.3 is 0 Å². The summed E-state index contributed by atoms with van der Waals surface area (Å²) in [6.45, 7) is 7.53. The van der Waals surface area contributed by atoms with Crippen molar-refractivity contribution < 1.29 is 9.90 Å². The second-order valence-corrected chi connectivity index (χ2v) is 5.12. The molecule has 0 saturated carbocycles. The third-order valence-corrected chi connectivity index (χ3v) is 3.23. The Labute approximate surface area is 113 Å². The van der Waals surface area contributed by atoms with Gasteiger partial charge in [0.15, 0.2) is 0 Å². The molecule has 108 valence electrons. The lowest BCUT2D eigenvalue weighted by atomic mass is 10.1. The minimum atomic E-state index is -0.859. The van der Waals surface area contributed by atoms with Crippen LogP contribution in [0.25, 0.3) is 0 Å². The summed E-state index contributed by atoms with van der Waals surface area (Å²) in [6, 6.07) is 0. The van der Waals surface area contributed by atoms with Gasteiger partial charge in [-0.3, -0.25) is 4.79 Å². The Morgan fingerprint density at radius 2 is 1.39 bits per heavy atom. The van der Waals surface area contributed by atoms with Crippen LogP contribution in [0.5, 0.6) is 0 Å². The molecule has 18 heavy (non-hydrogen) atoms. The van der Waals surface area contributed by atoms with Crippen molar-refractivity contribution >= 4 is 5.91 Å². The number of aliphatic hydroxyl groups excluding tert-OH is 1. The molecule has 0 aliphatic carbocycles. The fourth-order valence-electron chi connectivity index (χ4n) is 2.06. The van der Waals surface area contributed by atoms with Crippen LogP contribution in [0.3, 0.4) is 0 Å². The zero-order valence-corrected chi connectivity index (χ0v) is 12.5. The van der Waals surface area contributed by atoms with Gasteiger partial charge in [0.25, 0.3) is 5.91 Å². The zero-order chi connectivity index (χ0) is 13.8. The highest BCUT2D eigenvalue weighted by molar-refractivity contribution is 5.80. The molecule has 1 atom stereocenters. The van der Waals surface area contributed by atoms with E-state index in [9.17, 15) is 9.90 Å². The van der Waals surface area contributed by atoms with E-state index in [1.165, 1.54) is 38.5 Å². The zero-order valence-electron chi connectivity index (χ0n) is 12.5. The molecular formula is C15H31NO2. The SMILES string of the molecule is CCCCCCN(CCCCCC)C(=O)[C@@H](C)O. The summed E-state index contributed by atoms with van der Waals surface area (Å²) in [7, 11) is 0. The molecule has 0 aromatic heterocycles. The van der Waals surface area contributed by atoms with Crippen molar-refractivity contribution in [3.63, 3.8) is 0 Å². The molecule has 0 heterocycles. The summed E-state index contributed by atoms with van der Waals surface area (Å²) in [5, 5.41) is 9.41. The van der Waals surface area contributed by atoms with Crippen LogP contribution in [0.4, 0.5) is 0 Å². The average molecular weight is 257 g/mol. The normalized spacial score (nSPS) is 12.4. The molecule has 0 saturated heterocycles. The van der Waals surface area contributed by atoms with Crippen LogP contribution in [-0.2, 0) is 4.79 Å². The topological polar surface area (TPSA) is 40.5 Å². The third-order valence-electron chi connectivity index (χ3n) is 3.23. The highest BCUT2D eigenvalue weighted by atomic mass is 16.3. The molecule has 0 radical (unpaired) electrons. The van der Waals surface area contributed by atoms with E-state index in [1.54, 1.807) is 6.92 Å². The summed E-state index contributed by atoms with van der Waals surface area (Å²) < 4.78 is 0. The van der Waals surface area contributed by atoms with Crippen molar-refractivity contribution in [2.45, 2.75) is 78.2 Å². The molecule has 0 spiro atoms. The summed E-state index contributed by atoms with van der Waals surface area (Å²) in [5.74, 6) is -0.108. The van der Waals surface area contributed by atoms with E-state index < -0.39 is 6.10 Å². The molecule has 0 rings (SSSR count). The number of amides is 1. The fraction of sp³-hybridized carbons (Fsp3) is 0.933. The van der Waals surface area contributed by atoms with Gasteiger partial charge in [0.2, 0.25) is 0 Å². The van der Waals surface area contributed by atoms with E-state index in [2.05, 4.69) is 13.8 Å². The fourth-order valence-corrected chi connectivity index (χ4v) is 2.06. The largest absolute Gasteiger partial charge is 0.384 e. The van der Waals surface area contributed by atoms with Gasteiger partial charge in [0.1, 0.15) is 6.10 Å². The molecule has 0 aromatic rings. The number of carbonyl (C=O) groups is 1. The van der Waals surface area contributed by atoms with Crippen molar-refractivity contribution in [2.75, 3.05) is 13.1 Å². The van der Waals surface area contributed by atoms with Gasteiger partial charge < -0.3 is 10.0 Å². The first-order valence-corrected chi connectivity index (χ1v) is 7.60. The first-order valence-electron chi connectivity index (χ1n) is 7.60. The van der Waals surface area contributed by atoms with Crippen LogP contribution < -0.4 is 0 Å². The Morgan fingerprint density at radius 3 is 1.72 bits per heavy atom. The smallest absolute Gasteiger partial charge is 0.251 e. The Balaban J connectivity index is 3.96. The molecule has 0 fully saturated rings. The van der Waals surface area contributed by atoms with Crippen LogP contribution in [0.15, 0.2) is 0 Å². The van der Waals surface area contributed by atoms with Crippen molar-refractivity contribution in [3.05, 3.63) is 0 Å². The van der Waals surface area contributed by atoms with Gasteiger partial charge in [-0.15, -0.1) is 0 Å². The Hall–Kier alpha value is -0.570. The molecule has 0 bridgehead atoms. The highest BCUT2D eigenvalue weighted by Crippen LogP contribution is 2.07. The molecule has 3 heteroatoms. The molecule has 1 amide bonds. The number of aliphatic hydroxyl groups is 1. The molecule has 0 aliphatic rings. The summed E-state index contributed by atoms with van der Waals surface area (Å²) in [6.07, 6.45) is 8.48. The molecule has 0 aliphatic heterocycles. The Bertz CT molecular complexity index is 193. The molecule has 0 aromatic carbocycles. The number of nitrogens with zero attached hydrogens (tertiary/aromatic N) is 1. The maximum absolute atomic E-state index is 11.8. The maximum Gasteiger partial charge on any atom is 0.251 e. The van der Waals surface area contributed by atoms with Crippen LogP contribution in [-0.4, -0.2) is 35.1 Å². The molecule has 3 nitrogen and oxygen atoms in total. The number of hydrogen-bond acceptors (Lipinski definition) is 2. The molecule has 0 unspecified atom stereocenters. The first-order chi connectivity index (χ1) is 8.63. The quantitative estimate of drug-likeness (QED) is 0.577. The molecular weight excluding hydrogens is 226 g/mol. The minimum absolute atomic E-state index is 0.108. The van der Waals surface area contributed by atoms with E-state index in [-0.39, 0.29) is 5.91 Å². The number of carbonyl (C=O) groups excluding carboxylic acids is 1. The van der Waals surface area contributed by atoms with Crippen LogP contribution >= 0.6 is 0 Å². The van der Waals surface area contributed by atoms with E-state index >= 15 is 0 Å². The van der Waals surface area contributed by atoms with Crippen molar-refractivity contribution in [1.82, 2.24) is 4.90 Å². The van der Waals surface area contributed by atoms with Gasteiger partial charge in [-0.2, -0.15) is 0 Å². The van der Waals surface area contributed by atoms with Crippen molar-refractivity contribution in [2.24, 2.45) is 0 Å².